The SMILES string of the molecule is N#CC(CC(=O)CS)c1ccccc1. The largest absolute Gasteiger partial charge is 0.299 e. The topological polar surface area (TPSA) is 40.9 Å². The number of thiol groups is 1. The van der Waals surface area contributed by atoms with Crippen molar-refractivity contribution < 1.29 is 4.79 Å². The summed E-state index contributed by atoms with van der Waals surface area (Å²) >= 11 is 3.88. The van der Waals surface area contributed by atoms with Crippen LogP contribution in [0.5, 0.6) is 0 Å². The third kappa shape index (κ3) is 2.90. The number of nitriles is 1. The van der Waals surface area contributed by atoms with E-state index in [4.69, 9.17) is 5.26 Å². The van der Waals surface area contributed by atoms with Crippen molar-refractivity contribution in [2.75, 3.05) is 5.75 Å². The van der Waals surface area contributed by atoms with E-state index in [0.29, 0.717) is 0 Å². The fourth-order valence-corrected chi connectivity index (χ4v) is 1.34. The Hall–Kier alpha value is -1.27. The van der Waals surface area contributed by atoms with E-state index in [-0.39, 0.29) is 23.9 Å². The molecular weight excluding hydrogens is 194 g/mol. The molecule has 0 fully saturated rings. The highest BCUT2D eigenvalue weighted by atomic mass is 32.1. The Morgan fingerprint density at radius 3 is 2.57 bits per heavy atom. The van der Waals surface area contributed by atoms with Crippen molar-refractivity contribution in [3.05, 3.63) is 35.9 Å². The zero-order chi connectivity index (χ0) is 10.4. The van der Waals surface area contributed by atoms with E-state index in [1.54, 1.807) is 0 Å². The summed E-state index contributed by atoms with van der Waals surface area (Å²) in [6.45, 7) is 0. The van der Waals surface area contributed by atoms with Crippen molar-refractivity contribution in [2.45, 2.75) is 12.3 Å². The average molecular weight is 205 g/mol. The summed E-state index contributed by atoms with van der Waals surface area (Å²) in [5, 5.41) is 8.90. The lowest BCUT2D eigenvalue weighted by Gasteiger charge is -2.06. The van der Waals surface area contributed by atoms with Gasteiger partial charge in [0.15, 0.2) is 0 Å². The fraction of sp³-hybridized carbons (Fsp3) is 0.273. The first-order valence-electron chi connectivity index (χ1n) is 4.35. The van der Waals surface area contributed by atoms with Crippen LogP contribution in [-0.2, 0) is 4.79 Å². The van der Waals surface area contributed by atoms with Gasteiger partial charge in [-0.15, -0.1) is 0 Å². The van der Waals surface area contributed by atoms with Crippen LogP contribution in [0.1, 0.15) is 17.9 Å². The zero-order valence-corrected chi connectivity index (χ0v) is 8.58. The molecule has 0 aliphatic carbocycles. The molecule has 1 atom stereocenters. The number of carbonyl (C=O) groups is 1. The fourth-order valence-electron chi connectivity index (χ4n) is 1.22. The number of carbonyl (C=O) groups excluding carboxylic acids is 1. The molecule has 72 valence electrons. The number of ketones is 1. The van der Waals surface area contributed by atoms with Gasteiger partial charge in [-0.05, 0) is 5.56 Å². The maximum Gasteiger partial charge on any atom is 0.144 e. The molecule has 0 spiro atoms. The van der Waals surface area contributed by atoms with E-state index in [2.05, 4.69) is 18.7 Å². The monoisotopic (exact) mass is 205 g/mol. The molecule has 1 unspecified atom stereocenters. The van der Waals surface area contributed by atoms with Crippen LogP contribution in [0.15, 0.2) is 30.3 Å². The highest BCUT2D eigenvalue weighted by Gasteiger charge is 2.13. The van der Waals surface area contributed by atoms with Crippen LogP contribution in [0, 0.1) is 11.3 Å². The molecule has 0 saturated heterocycles. The van der Waals surface area contributed by atoms with Gasteiger partial charge < -0.3 is 0 Å². The summed E-state index contributed by atoms with van der Waals surface area (Å²) in [6.07, 6.45) is 0.254. The normalized spacial score (nSPS) is 11.7. The minimum atomic E-state index is -0.337. The van der Waals surface area contributed by atoms with Crippen molar-refractivity contribution in [1.29, 1.82) is 5.26 Å². The smallest absolute Gasteiger partial charge is 0.144 e. The van der Waals surface area contributed by atoms with Crippen molar-refractivity contribution in [3.8, 4) is 6.07 Å². The second kappa shape index (κ2) is 5.46. The highest BCUT2D eigenvalue weighted by molar-refractivity contribution is 7.81. The molecule has 3 heteroatoms. The maximum absolute atomic E-state index is 11.1. The second-order valence-electron chi connectivity index (χ2n) is 2.99. The molecule has 0 saturated carbocycles. The molecular formula is C11H11NOS. The van der Waals surface area contributed by atoms with E-state index in [9.17, 15) is 4.79 Å². The first-order valence-corrected chi connectivity index (χ1v) is 4.98. The van der Waals surface area contributed by atoms with Crippen molar-refractivity contribution in [1.82, 2.24) is 0 Å². The van der Waals surface area contributed by atoms with Gasteiger partial charge in [-0.3, -0.25) is 4.79 Å². The Labute approximate surface area is 89.0 Å². The lowest BCUT2D eigenvalue weighted by molar-refractivity contribution is -0.116. The van der Waals surface area contributed by atoms with Gasteiger partial charge in [0.05, 0.1) is 12.0 Å². The van der Waals surface area contributed by atoms with Crippen LogP contribution >= 0.6 is 12.6 Å². The van der Waals surface area contributed by atoms with E-state index >= 15 is 0 Å². The Morgan fingerprint density at radius 2 is 2.07 bits per heavy atom. The van der Waals surface area contributed by atoms with Gasteiger partial charge in [0.25, 0.3) is 0 Å². The van der Waals surface area contributed by atoms with E-state index in [0.717, 1.165) is 5.56 Å². The summed E-state index contributed by atoms with van der Waals surface area (Å²) in [4.78, 5) is 11.1. The predicted octanol–water partition coefficient (Wildman–Crippen LogP) is 2.18. The lowest BCUT2D eigenvalue weighted by atomic mass is 9.96. The molecule has 14 heavy (non-hydrogen) atoms. The summed E-state index contributed by atoms with van der Waals surface area (Å²) in [6, 6.07) is 11.5. The van der Waals surface area contributed by atoms with Crippen molar-refractivity contribution in [3.63, 3.8) is 0 Å². The molecule has 0 aromatic heterocycles. The molecule has 0 aliphatic rings. The number of benzene rings is 1. The van der Waals surface area contributed by atoms with Gasteiger partial charge in [-0.25, -0.2) is 0 Å². The Balaban J connectivity index is 2.74. The lowest BCUT2D eigenvalue weighted by Crippen LogP contribution is -2.06. The molecule has 1 aromatic rings. The molecule has 0 heterocycles. The first-order chi connectivity index (χ1) is 6.77. The van der Waals surface area contributed by atoms with Crippen LogP contribution in [0.25, 0.3) is 0 Å². The van der Waals surface area contributed by atoms with Gasteiger partial charge in [0.1, 0.15) is 5.78 Å². The van der Waals surface area contributed by atoms with Gasteiger partial charge >= 0.3 is 0 Å². The molecule has 0 N–H and O–H groups in total. The van der Waals surface area contributed by atoms with Gasteiger partial charge in [-0.1, -0.05) is 30.3 Å². The van der Waals surface area contributed by atoms with Gasteiger partial charge in [0.2, 0.25) is 0 Å². The molecule has 0 amide bonds. The number of Topliss-reactive ketones (excluding diaryl/α,β-unsaturated/α-hetero) is 1. The Bertz CT molecular complexity index is 342. The van der Waals surface area contributed by atoms with Crippen LogP contribution in [0.4, 0.5) is 0 Å². The Kier molecular flexibility index (Phi) is 4.21. The van der Waals surface area contributed by atoms with Crippen LogP contribution < -0.4 is 0 Å². The minimum Gasteiger partial charge on any atom is -0.299 e. The van der Waals surface area contributed by atoms with Gasteiger partial charge in [-0.2, -0.15) is 17.9 Å². The third-order valence-electron chi connectivity index (χ3n) is 1.97. The van der Waals surface area contributed by atoms with E-state index in [1.165, 1.54) is 0 Å². The average Bonchev–Trinajstić information content (AvgIpc) is 2.26. The van der Waals surface area contributed by atoms with Crippen LogP contribution in [-0.4, -0.2) is 11.5 Å². The summed E-state index contributed by atoms with van der Waals surface area (Å²) in [5.74, 6) is -0.134. The third-order valence-corrected chi connectivity index (χ3v) is 2.32. The Morgan fingerprint density at radius 1 is 1.43 bits per heavy atom. The second-order valence-corrected chi connectivity index (χ2v) is 3.31. The standard InChI is InChI=1S/C11H11NOS/c12-7-10(6-11(13)8-14)9-4-2-1-3-5-9/h1-5,10,14H,6,8H2. The van der Waals surface area contributed by atoms with Crippen LogP contribution in [0.3, 0.4) is 0 Å². The molecule has 0 aliphatic heterocycles. The highest BCUT2D eigenvalue weighted by Crippen LogP contribution is 2.18. The summed E-state index contributed by atoms with van der Waals surface area (Å²) in [7, 11) is 0. The van der Waals surface area contributed by atoms with E-state index < -0.39 is 0 Å². The number of hydrogen-bond donors (Lipinski definition) is 1. The zero-order valence-electron chi connectivity index (χ0n) is 7.68. The number of nitrogens with zero attached hydrogens (tertiary/aromatic N) is 1. The molecule has 2 nitrogen and oxygen atoms in total. The summed E-state index contributed by atoms with van der Waals surface area (Å²) in [5.41, 5.74) is 0.894. The molecule has 0 bridgehead atoms. The molecule has 1 rings (SSSR count). The predicted molar refractivity (Wildman–Crippen MR) is 58.3 cm³/mol. The molecule has 1 aromatic carbocycles. The van der Waals surface area contributed by atoms with Crippen molar-refractivity contribution in [2.24, 2.45) is 0 Å². The summed E-state index contributed by atoms with van der Waals surface area (Å²) < 4.78 is 0. The van der Waals surface area contributed by atoms with E-state index in [1.807, 2.05) is 30.3 Å². The number of hydrogen-bond acceptors (Lipinski definition) is 3. The van der Waals surface area contributed by atoms with Crippen LogP contribution in [0.2, 0.25) is 0 Å². The van der Waals surface area contributed by atoms with Crippen molar-refractivity contribution >= 4 is 18.4 Å². The minimum absolute atomic E-state index is 0.00346. The first kappa shape index (κ1) is 10.8. The molecule has 0 radical (unpaired) electrons. The quantitative estimate of drug-likeness (QED) is 0.765. The number of rotatable bonds is 4. The maximum atomic E-state index is 11.1. The van der Waals surface area contributed by atoms with Gasteiger partial charge in [0, 0.05) is 12.2 Å².